The lowest BCUT2D eigenvalue weighted by atomic mass is 10.1. The first-order valence-electron chi connectivity index (χ1n) is 8.21. The van der Waals surface area contributed by atoms with E-state index in [0.717, 1.165) is 24.3 Å². The summed E-state index contributed by atoms with van der Waals surface area (Å²) in [5.41, 5.74) is 6.22. The zero-order valence-corrected chi connectivity index (χ0v) is 14.4. The molecule has 0 saturated heterocycles. The van der Waals surface area contributed by atoms with E-state index in [4.69, 9.17) is 5.10 Å². The Hall–Kier alpha value is -2.07. The number of anilines is 1. The van der Waals surface area contributed by atoms with Gasteiger partial charge < -0.3 is 5.32 Å². The minimum absolute atomic E-state index is 1.02. The molecule has 1 aliphatic rings. The molecule has 2 aromatic heterocycles. The third kappa shape index (κ3) is 2.68. The molecule has 23 heavy (non-hydrogen) atoms. The van der Waals surface area contributed by atoms with Crippen LogP contribution in [-0.2, 0) is 6.42 Å². The van der Waals surface area contributed by atoms with Gasteiger partial charge in [-0.15, -0.1) is 11.3 Å². The molecular formula is C19H21N3S. The van der Waals surface area contributed by atoms with Crippen molar-refractivity contribution in [2.24, 2.45) is 0 Å². The third-order valence-corrected chi connectivity index (χ3v) is 5.43. The van der Waals surface area contributed by atoms with Crippen molar-refractivity contribution < 1.29 is 0 Å². The highest BCUT2D eigenvalue weighted by Crippen LogP contribution is 2.36. The van der Waals surface area contributed by atoms with E-state index in [9.17, 15) is 0 Å². The maximum absolute atomic E-state index is 4.98. The van der Waals surface area contributed by atoms with E-state index in [1.54, 1.807) is 11.3 Å². The molecule has 3 nitrogen and oxygen atoms in total. The third-order valence-electron chi connectivity index (χ3n) is 4.37. The van der Waals surface area contributed by atoms with Crippen LogP contribution < -0.4 is 5.32 Å². The standard InChI is InChI=1S/C19H21N3S/c1-13-6-8-15(9-7-13)22-19-16(5-3-4-10-20-19)18(21-22)17-11-14(2)12-23-17/h6-9,11-12,20H,3-5,10H2,1-2H3. The highest BCUT2D eigenvalue weighted by molar-refractivity contribution is 7.13. The Morgan fingerprint density at radius 1 is 1.09 bits per heavy atom. The molecule has 0 aliphatic carbocycles. The van der Waals surface area contributed by atoms with E-state index in [1.807, 2.05) is 0 Å². The highest BCUT2D eigenvalue weighted by atomic mass is 32.1. The number of hydrogen-bond donors (Lipinski definition) is 1. The molecule has 4 rings (SSSR count). The summed E-state index contributed by atoms with van der Waals surface area (Å²) in [7, 11) is 0. The summed E-state index contributed by atoms with van der Waals surface area (Å²) in [6.07, 6.45) is 3.53. The molecular weight excluding hydrogens is 302 g/mol. The van der Waals surface area contributed by atoms with Crippen LogP contribution in [0.1, 0.15) is 29.5 Å². The fraction of sp³-hybridized carbons (Fsp3) is 0.316. The van der Waals surface area contributed by atoms with Crippen LogP contribution in [0.5, 0.6) is 0 Å². The second-order valence-corrected chi connectivity index (χ2v) is 7.21. The molecule has 0 bridgehead atoms. The summed E-state index contributed by atoms with van der Waals surface area (Å²) in [5, 5.41) is 10.8. The van der Waals surface area contributed by atoms with E-state index in [2.05, 4.69) is 59.6 Å². The number of thiophene rings is 1. The number of aryl methyl sites for hydroxylation is 2. The van der Waals surface area contributed by atoms with Crippen molar-refractivity contribution in [2.75, 3.05) is 11.9 Å². The van der Waals surface area contributed by atoms with E-state index in [-0.39, 0.29) is 0 Å². The normalized spacial score (nSPS) is 14.2. The van der Waals surface area contributed by atoms with E-state index in [1.165, 1.54) is 40.2 Å². The van der Waals surface area contributed by atoms with Crippen LogP contribution in [0.3, 0.4) is 0 Å². The number of nitrogens with one attached hydrogen (secondary N) is 1. The van der Waals surface area contributed by atoms with Crippen LogP contribution in [0.4, 0.5) is 5.82 Å². The lowest BCUT2D eigenvalue weighted by molar-refractivity contribution is 0.780. The molecule has 1 aromatic carbocycles. The van der Waals surface area contributed by atoms with Gasteiger partial charge in [0.15, 0.2) is 0 Å². The molecule has 0 atom stereocenters. The van der Waals surface area contributed by atoms with Crippen molar-refractivity contribution in [1.82, 2.24) is 9.78 Å². The first-order valence-corrected chi connectivity index (χ1v) is 9.08. The Morgan fingerprint density at radius 3 is 2.65 bits per heavy atom. The van der Waals surface area contributed by atoms with Crippen molar-refractivity contribution >= 4 is 17.2 Å². The lowest BCUT2D eigenvalue weighted by Crippen LogP contribution is -2.07. The molecule has 3 aromatic rings. The summed E-state index contributed by atoms with van der Waals surface area (Å²) >= 11 is 1.79. The number of hydrogen-bond acceptors (Lipinski definition) is 3. The van der Waals surface area contributed by atoms with Crippen LogP contribution in [-0.4, -0.2) is 16.3 Å². The van der Waals surface area contributed by atoms with Crippen molar-refractivity contribution in [2.45, 2.75) is 33.1 Å². The summed E-state index contributed by atoms with van der Waals surface area (Å²) in [4.78, 5) is 1.27. The molecule has 0 saturated carbocycles. The maximum atomic E-state index is 4.98. The van der Waals surface area contributed by atoms with Crippen molar-refractivity contribution in [3.63, 3.8) is 0 Å². The number of fused-ring (bicyclic) bond motifs is 1. The summed E-state index contributed by atoms with van der Waals surface area (Å²) in [5.74, 6) is 1.17. The molecule has 3 heterocycles. The topological polar surface area (TPSA) is 29.9 Å². The first-order chi connectivity index (χ1) is 11.2. The molecule has 0 unspecified atom stereocenters. The van der Waals surface area contributed by atoms with Gasteiger partial charge in [0, 0.05) is 12.1 Å². The number of aromatic nitrogens is 2. The number of nitrogens with zero attached hydrogens (tertiary/aromatic N) is 2. The molecule has 0 radical (unpaired) electrons. The largest absolute Gasteiger partial charge is 0.370 e. The van der Waals surface area contributed by atoms with E-state index >= 15 is 0 Å². The van der Waals surface area contributed by atoms with Crippen molar-refractivity contribution in [3.8, 4) is 16.3 Å². The molecule has 4 heteroatoms. The van der Waals surface area contributed by atoms with Crippen LogP contribution in [0.2, 0.25) is 0 Å². The van der Waals surface area contributed by atoms with Gasteiger partial charge in [-0.25, -0.2) is 4.68 Å². The number of benzene rings is 1. The van der Waals surface area contributed by atoms with Crippen LogP contribution >= 0.6 is 11.3 Å². The Morgan fingerprint density at radius 2 is 1.91 bits per heavy atom. The van der Waals surface area contributed by atoms with Crippen molar-refractivity contribution in [3.05, 3.63) is 52.4 Å². The van der Waals surface area contributed by atoms with Crippen LogP contribution in [0, 0.1) is 13.8 Å². The zero-order valence-electron chi connectivity index (χ0n) is 13.6. The Bertz CT molecular complexity index is 827. The second-order valence-electron chi connectivity index (χ2n) is 6.30. The van der Waals surface area contributed by atoms with Gasteiger partial charge in [-0.05, 0) is 62.3 Å². The SMILES string of the molecule is Cc1ccc(-n2nc(-c3cc(C)cs3)c3c2NCCCC3)cc1. The Kier molecular flexibility index (Phi) is 3.69. The van der Waals surface area contributed by atoms with Gasteiger partial charge in [0.05, 0.1) is 10.6 Å². The Labute approximate surface area is 141 Å². The van der Waals surface area contributed by atoms with Crippen LogP contribution in [0.25, 0.3) is 16.3 Å². The zero-order chi connectivity index (χ0) is 15.8. The van der Waals surface area contributed by atoms with Gasteiger partial charge in [-0.3, -0.25) is 0 Å². The fourth-order valence-corrected chi connectivity index (χ4v) is 4.04. The average molecular weight is 323 g/mol. The summed E-state index contributed by atoms with van der Waals surface area (Å²) in [6.45, 7) is 5.28. The average Bonchev–Trinajstić information content (AvgIpc) is 3.04. The lowest BCUT2D eigenvalue weighted by Gasteiger charge is -2.09. The Balaban J connectivity index is 1.89. The molecule has 118 valence electrons. The van der Waals surface area contributed by atoms with Gasteiger partial charge >= 0.3 is 0 Å². The molecule has 1 N–H and O–H groups in total. The maximum Gasteiger partial charge on any atom is 0.133 e. The van der Waals surface area contributed by atoms with E-state index in [0.29, 0.717) is 0 Å². The minimum Gasteiger partial charge on any atom is -0.370 e. The fourth-order valence-electron chi connectivity index (χ4n) is 3.13. The van der Waals surface area contributed by atoms with Crippen LogP contribution in [0.15, 0.2) is 35.7 Å². The predicted octanol–water partition coefficient (Wildman–Crippen LogP) is 4.97. The van der Waals surface area contributed by atoms with Crippen molar-refractivity contribution in [1.29, 1.82) is 0 Å². The monoisotopic (exact) mass is 323 g/mol. The van der Waals surface area contributed by atoms with E-state index < -0.39 is 0 Å². The summed E-state index contributed by atoms with van der Waals surface area (Å²) in [6, 6.07) is 10.8. The van der Waals surface area contributed by atoms with Gasteiger partial charge in [0.1, 0.15) is 11.5 Å². The predicted molar refractivity (Wildman–Crippen MR) is 97.8 cm³/mol. The summed E-state index contributed by atoms with van der Waals surface area (Å²) < 4.78 is 2.09. The highest BCUT2D eigenvalue weighted by Gasteiger charge is 2.22. The van der Waals surface area contributed by atoms with Gasteiger partial charge in [0.25, 0.3) is 0 Å². The molecule has 1 aliphatic heterocycles. The smallest absolute Gasteiger partial charge is 0.133 e. The quantitative estimate of drug-likeness (QED) is 0.722. The number of rotatable bonds is 2. The van der Waals surface area contributed by atoms with Gasteiger partial charge in [-0.1, -0.05) is 17.7 Å². The van der Waals surface area contributed by atoms with Gasteiger partial charge in [-0.2, -0.15) is 5.10 Å². The minimum atomic E-state index is 1.02. The first kappa shape index (κ1) is 14.5. The molecule has 0 amide bonds. The molecule has 0 spiro atoms. The molecule has 0 fully saturated rings. The van der Waals surface area contributed by atoms with Gasteiger partial charge in [0.2, 0.25) is 0 Å². The second kappa shape index (κ2) is 5.85.